The van der Waals surface area contributed by atoms with Gasteiger partial charge in [0.1, 0.15) is 11.0 Å². The van der Waals surface area contributed by atoms with Crippen molar-refractivity contribution in [1.82, 2.24) is 15.0 Å². The first kappa shape index (κ1) is 18.8. The zero-order valence-corrected chi connectivity index (χ0v) is 15.9. The van der Waals surface area contributed by atoms with Crippen molar-refractivity contribution >= 4 is 17.0 Å². The Morgan fingerprint density at radius 3 is 2.44 bits per heavy atom. The van der Waals surface area contributed by atoms with Crippen LogP contribution in [0.3, 0.4) is 0 Å². The van der Waals surface area contributed by atoms with E-state index in [0.29, 0.717) is 12.2 Å². The van der Waals surface area contributed by atoms with Crippen LogP contribution in [0.1, 0.15) is 37.3 Å². The van der Waals surface area contributed by atoms with Crippen molar-refractivity contribution < 1.29 is 9.53 Å². The van der Waals surface area contributed by atoms with E-state index in [1.54, 1.807) is 11.7 Å². The number of hydrogen-bond acceptors (Lipinski definition) is 4. The lowest BCUT2D eigenvalue weighted by atomic mass is 10.0. The minimum Gasteiger partial charge on any atom is -0.462 e. The van der Waals surface area contributed by atoms with E-state index in [1.807, 2.05) is 24.3 Å². The molecule has 140 valence electrons. The SMILES string of the molecule is C=C(C)C(=O)OCCCCCc1ccc(C)cc1-n1nc2ccccc2n1. The van der Waals surface area contributed by atoms with Gasteiger partial charge in [-0.2, -0.15) is 4.80 Å². The van der Waals surface area contributed by atoms with Gasteiger partial charge in [-0.1, -0.05) is 30.8 Å². The van der Waals surface area contributed by atoms with Gasteiger partial charge in [0, 0.05) is 5.57 Å². The second-order valence-electron chi connectivity index (χ2n) is 6.84. The molecule has 0 saturated carbocycles. The van der Waals surface area contributed by atoms with Crippen molar-refractivity contribution in [3.05, 3.63) is 65.7 Å². The van der Waals surface area contributed by atoms with Gasteiger partial charge >= 0.3 is 5.97 Å². The molecule has 1 heterocycles. The van der Waals surface area contributed by atoms with Crippen LogP contribution in [0.2, 0.25) is 0 Å². The Labute approximate surface area is 159 Å². The Balaban J connectivity index is 1.63. The third kappa shape index (κ3) is 4.82. The summed E-state index contributed by atoms with van der Waals surface area (Å²) in [5.74, 6) is -0.312. The normalized spacial score (nSPS) is 10.9. The van der Waals surface area contributed by atoms with E-state index in [2.05, 4.69) is 41.9 Å². The first-order chi connectivity index (χ1) is 13.0. The molecule has 0 saturated heterocycles. The highest BCUT2D eigenvalue weighted by Crippen LogP contribution is 2.20. The molecule has 27 heavy (non-hydrogen) atoms. The summed E-state index contributed by atoms with van der Waals surface area (Å²) in [6.07, 6.45) is 3.79. The molecule has 0 aliphatic rings. The standard InChI is InChI=1S/C22H25N3O2/c1-16(2)22(26)27-14-8-4-5-9-18-13-12-17(3)15-21(18)25-23-19-10-6-7-11-20(19)24-25/h6-7,10-13,15H,1,4-5,8-9,14H2,2-3H3. The maximum Gasteiger partial charge on any atom is 0.333 e. The lowest BCUT2D eigenvalue weighted by Gasteiger charge is -2.10. The Morgan fingerprint density at radius 2 is 1.78 bits per heavy atom. The summed E-state index contributed by atoms with van der Waals surface area (Å²) in [6, 6.07) is 14.3. The molecule has 0 fully saturated rings. The molecular weight excluding hydrogens is 338 g/mol. The number of carbonyl (C=O) groups excluding carboxylic acids is 1. The van der Waals surface area contributed by atoms with Crippen LogP contribution < -0.4 is 0 Å². The highest BCUT2D eigenvalue weighted by atomic mass is 16.5. The van der Waals surface area contributed by atoms with Crippen molar-refractivity contribution in [3.8, 4) is 5.69 Å². The van der Waals surface area contributed by atoms with Crippen molar-refractivity contribution in [2.75, 3.05) is 6.61 Å². The average Bonchev–Trinajstić information content (AvgIpc) is 3.09. The number of benzene rings is 2. The molecule has 0 N–H and O–H groups in total. The summed E-state index contributed by atoms with van der Waals surface area (Å²) >= 11 is 0. The average molecular weight is 363 g/mol. The molecule has 5 nitrogen and oxygen atoms in total. The summed E-state index contributed by atoms with van der Waals surface area (Å²) < 4.78 is 5.14. The molecule has 2 aromatic carbocycles. The highest BCUT2D eigenvalue weighted by molar-refractivity contribution is 5.86. The van der Waals surface area contributed by atoms with E-state index in [9.17, 15) is 4.79 Å². The third-order valence-electron chi connectivity index (χ3n) is 4.41. The number of carbonyl (C=O) groups is 1. The predicted octanol–water partition coefficient (Wildman–Crippen LogP) is 4.56. The van der Waals surface area contributed by atoms with Gasteiger partial charge in [-0.15, -0.1) is 10.2 Å². The monoisotopic (exact) mass is 363 g/mol. The number of aryl methyl sites for hydroxylation is 2. The van der Waals surface area contributed by atoms with Gasteiger partial charge in [0.2, 0.25) is 0 Å². The maximum absolute atomic E-state index is 11.4. The Hall–Kier alpha value is -2.95. The summed E-state index contributed by atoms with van der Waals surface area (Å²) in [4.78, 5) is 13.1. The van der Waals surface area contributed by atoms with Gasteiger partial charge in [0.25, 0.3) is 0 Å². The summed E-state index contributed by atoms with van der Waals surface area (Å²) in [5.41, 5.74) is 5.66. The molecule has 0 aliphatic carbocycles. The molecule has 0 bridgehead atoms. The van der Waals surface area contributed by atoms with Crippen LogP contribution in [0.25, 0.3) is 16.7 Å². The molecule has 0 unspecified atom stereocenters. The molecule has 3 rings (SSSR count). The van der Waals surface area contributed by atoms with E-state index in [4.69, 9.17) is 4.74 Å². The second-order valence-corrected chi connectivity index (χ2v) is 6.84. The quantitative estimate of drug-likeness (QED) is 0.334. The number of ether oxygens (including phenoxy) is 1. The Kier molecular flexibility index (Phi) is 6.01. The number of esters is 1. The van der Waals surface area contributed by atoms with Crippen molar-refractivity contribution in [2.24, 2.45) is 0 Å². The van der Waals surface area contributed by atoms with E-state index in [0.717, 1.165) is 42.4 Å². The van der Waals surface area contributed by atoms with Gasteiger partial charge in [0.15, 0.2) is 0 Å². The van der Waals surface area contributed by atoms with E-state index >= 15 is 0 Å². The van der Waals surface area contributed by atoms with Gasteiger partial charge in [-0.25, -0.2) is 4.79 Å². The number of fused-ring (bicyclic) bond motifs is 1. The first-order valence-corrected chi connectivity index (χ1v) is 9.29. The second kappa shape index (κ2) is 8.62. The molecule has 5 heteroatoms. The van der Waals surface area contributed by atoms with E-state index in [1.165, 1.54) is 11.1 Å². The zero-order chi connectivity index (χ0) is 19.2. The molecular formula is C22H25N3O2. The Bertz CT molecular complexity index is 926. The van der Waals surface area contributed by atoms with Gasteiger partial charge in [-0.05, 0) is 68.9 Å². The van der Waals surface area contributed by atoms with Crippen LogP contribution in [0.4, 0.5) is 0 Å². The zero-order valence-electron chi connectivity index (χ0n) is 15.9. The van der Waals surface area contributed by atoms with E-state index < -0.39 is 0 Å². The van der Waals surface area contributed by atoms with Crippen LogP contribution in [0.15, 0.2) is 54.6 Å². The van der Waals surface area contributed by atoms with Gasteiger partial charge in [0.05, 0.1) is 12.3 Å². The maximum atomic E-state index is 11.4. The molecule has 3 aromatic rings. The molecule has 0 atom stereocenters. The Morgan fingerprint density at radius 1 is 1.07 bits per heavy atom. The van der Waals surface area contributed by atoms with Gasteiger partial charge < -0.3 is 4.74 Å². The van der Waals surface area contributed by atoms with Crippen LogP contribution in [0, 0.1) is 6.92 Å². The smallest absolute Gasteiger partial charge is 0.333 e. The molecule has 1 aromatic heterocycles. The third-order valence-corrected chi connectivity index (χ3v) is 4.41. The topological polar surface area (TPSA) is 57.0 Å². The van der Waals surface area contributed by atoms with Crippen LogP contribution in [-0.4, -0.2) is 27.6 Å². The number of hydrogen-bond donors (Lipinski definition) is 0. The summed E-state index contributed by atoms with van der Waals surface area (Å²) in [6.45, 7) is 7.76. The van der Waals surface area contributed by atoms with Crippen LogP contribution >= 0.6 is 0 Å². The first-order valence-electron chi connectivity index (χ1n) is 9.29. The number of aromatic nitrogens is 3. The lowest BCUT2D eigenvalue weighted by Crippen LogP contribution is -2.06. The fourth-order valence-corrected chi connectivity index (χ4v) is 2.92. The van der Waals surface area contributed by atoms with Gasteiger partial charge in [-0.3, -0.25) is 0 Å². The molecule has 0 radical (unpaired) electrons. The van der Waals surface area contributed by atoms with Crippen molar-refractivity contribution in [3.63, 3.8) is 0 Å². The van der Waals surface area contributed by atoms with Crippen molar-refractivity contribution in [2.45, 2.75) is 39.5 Å². The fourth-order valence-electron chi connectivity index (χ4n) is 2.92. The number of unbranched alkanes of at least 4 members (excludes halogenated alkanes) is 2. The largest absolute Gasteiger partial charge is 0.462 e. The number of nitrogens with zero attached hydrogens (tertiary/aromatic N) is 3. The lowest BCUT2D eigenvalue weighted by molar-refractivity contribution is -0.139. The minimum atomic E-state index is -0.312. The van der Waals surface area contributed by atoms with E-state index in [-0.39, 0.29) is 5.97 Å². The summed E-state index contributed by atoms with van der Waals surface area (Å²) in [7, 11) is 0. The number of rotatable bonds is 8. The summed E-state index contributed by atoms with van der Waals surface area (Å²) in [5, 5.41) is 9.24. The minimum absolute atomic E-state index is 0.312. The predicted molar refractivity (Wildman–Crippen MR) is 107 cm³/mol. The fraction of sp³-hybridized carbons (Fsp3) is 0.318. The molecule has 0 amide bonds. The molecule has 0 aliphatic heterocycles. The van der Waals surface area contributed by atoms with Crippen LogP contribution in [0.5, 0.6) is 0 Å². The van der Waals surface area contributed by atoms with Crippen LogP contribution in [-0.2, 0) is 16.0 Å². The molecule has 0 spiro atoms. The highest BCUT2D eigenvalue weighted by Gasteiger charge is 2.10. The van der Waals surface area contributed by atoms with Crippen molar-refractivity contribution in [1.29, 1.82) is 0 Å².